The molecule has 1 aromatic rings. The van der Waals surface area contributed by atoms with Gasteiger partial charge in [-0.15, -0.1) is 0 Å². The van der Waals surface area contributed by atoms with Crippen LogP contribution in [0.3, 0.4) is 0 Å². The van der Waals surface area contributed by atoms with Gasteiger partial charge in [0.15, 0.2) is 0 Å². The number of ether oxygens (including phenoxy) is 1. The maximum absolute atomic E-state index is 10.1. The largest absolute Gasteiger partial charge is 0.488 e. The van der Waals surface area contributed by atoms with Crippen LogP contribution < -0.4 is 4.74 Å². The molecule has 1 unspecified atom stereocenters. The number of aliphatic hydroxyl groups is 1. The zero-order valence-corrected chi connectivity index (χ0v) is 10.8. The number of hydrogen-bond acceptors (Lipinski definition) is 2. The normalized spacial score (nSPS) is 13.9. The van der Waals surface area contributed by atoms with Gasteiger partial charge in [0, 0.05) is 5.56 Å². The lowest BCUT2D eigenvalue weighted by molar-refractivity contribution is 0.101. The quantitative estimate of drug-likeness (QED) is 0.847. The number of benzene rings is 1. The predicted molar refractivity (Wildman–Crippen MR) is 66.6 cm³/mol. The van der Waals surface area contributed by atoms with Gasteiger partial charge in [0.1, 0.15) is 11.4 Å². The zero-order chi connectivity index (χ0) is 12.3. The van der Waals surface area contributed by atoms with Crippen LogP contribution in [-0.4, -0.2) is 10.7 Å². The maximum atomic E-state index is 10.1. The van der Waals surface area contributed by atoms with Gasteiger partial charge in [-0.2, -0.15) is 0 Å². The average Bonchev–Trinajstić information content (AvgIpc) is 2.15. The van der Waals surface area contributed by atoms with E-state index in [1.54, 1.807) is 0 Å². The Kier molecular flexibility index (Phi) is 3.98. The van der Waals surface area contributed by atoms with Gasteiger partial charge < -0.3 is 9.84 Å². The molecule has 0 radical (unpaired) electrons. The molecule has 1 rings (SSSR count). The van der Waals surface area contributed by atoms with E-state index in [-0.39, 0.29) is 11.5 Å². The van der Waals surface area contributed by atoms with Crippen molar-refractivity contribution < 1.29 is 9.84 Å². The van der Waals surface area contributed by atoms with Crippen LogP contribution in [0, 0.1) is 5.92 Å². The van der Waals surface area contributed by atoms with Crippen molar-refractivity contribution in [2.45, 2.75) is 46.3 Å². The zero-order valence-electron chi connectivity index (χ0n) is 10.8. The molecule has 2 nitrogen and oxygen atoms in total. The highest BCUT2D eigenvalue weighted by atomic mass is 16.5. The molecule has 0 fully saturated rings. The monoisotopic (exact) mass is 222 g/mol. The van der Waals surface area contributed by atoms with Crippen LogP contribution >= 0.6 is 0 Å². The van der Waals surface area contributed by atoms with E-state index in [9.17, 15) is 5.11 Å². The smallest absolute Gasteiger partial charge is 0.125 e. The summed E-state index contributed by atoms with van der Waals surface area (Å²) in [5.74, 6) is 0.959. The first-order valence-electron chi connectivity index (χ1n) is 5.77. The first-order chi connectivity index (χ1) is 7.31. The minimum absolute atomic E-state index is 0.185. The van der Waals surface area contributed by atoms with Crippen LogP contribution in [0.4, 0.5) is 0 Å². The van der Waals surface area contributed by atoms with Gasteiger partial charge >= 0.3 is 0 Å². The number of rotatable bonds is 3. The standard InChI is InChI=1S/C14H22O2/c1-10(2)13(15)11-8-6-7-9-12(11)16-14(3,4)5/h6-10,13,15H,1-5H3. The molecule has 0 saturated heterocycles. The van der Waals surface area contributed by atoms with E-state index in [0.29, 0.717) is 0 Å². The second-order valence-corrected chi connectivity index (χ2v) is 5.44. The van der Waals surface area contributed by atoms with Crippen LogP contribution in [0.15, 0.2) is 24.3 Å². The molecule has 0 amide bonds. The lowest BCUT2D eigenvalue weighted by Gasteiger charge is -2.25. The molecule has 0 spiro atoms. The van der Waals surface area contributed by atoms with E-state index in [1.807, 2.05) is 58.9 Å². The fourth-order valence-electron chi connectivity index (χ4n) is 1.51. The fourth-order valence-corrected chi connectivity index (χ4v) is 1.51. The Morgan fingerprint density at radius 3 is 2.19 bits per heavy atom. The minimum atomic E-state index is -0.474. The molecule has 0 aliphatic heterocycles. The van der Waals surface area contributed by atoms with E-state index >= 15 is 0 Å². The third-order valence-electron chi connectivity index (χ3n) is 2.29. The summed E-state index contributed by atoms with van der Waals surface area (Å²) < 4.78 is 5.84. The molecule has 1 N–H and O–H groups in total. The molecule has 2 heteroatoms. The molecule has 0 aliphatic rings. The number of para-hydroxylation sites is 1. The summed E-state index contributed by atoms with van der Waals surface area (Å²) >= 11 is 0. The second kappa shape index (κ2) is 4.88. The summed E-state index contributed by atoms with van der Waals surface area (Å²) in [6, 6.07) is 7.69. The topological polar surface area (TPSA) is 29.5 Å². The molecule has 0 bridgehead atoms. The summed E-state index contributed by atoms with van der Waals surface area (Å²) in [6.45, 7) is 10.0. The molecule has 1 aromatic carbocycles. The maximum Gasteiger partial charge on any atom is 0.125 e. The van der Waals surface area contributed by atoms with Gasteiger partial charge in [-0.3, -0.25) is 0 Å². The third kappa shape index (κ3) is 3.53. The Labute approximate surface area is 98.3 Å². The van der Waals surface area contributed by atoms with Crippen LogP contribution in [0.25, 0.3) is 0 Å². The Bertz CT molecular complexity index is 337. The van der Waals surface area contributed by atoms with Crippen molar-refractivity contribution in [3.05, 3.63) is 29.8 Å². The Hall–Kier alpha value is -1.02. The van der Waals surface area contributed by atoms with Gasteiger partial charge in [0.25, 0.3) is 0 Å². The summed E-state index contributed by atoms with van der Waals surface area (Å²) in [5.41, 5.74) is 0.625. The van der Waals surface area contributed by atoms with Gasteiger partial charge in [-0.1, -0.05) is 32.0 Å². The molecule has 16 heavy (non-hydrogen) atoms. The Balaban J connectivity index is 3.01. The van der Waals surface area contributed by atoms with Gasteiger partial charge in [-0.05, 0) is 32.8 Å². The van der Waals surface area contributed by atoms with Gasteiger partial charge in [0.2, 0.25) is 0 Å². The average molecular weight is 222 g/mol. The Morgan fingerprint density at radius 2 is 1.69 bits per heavy atom. The molecule has 0 heterocycles. The summed E-state index contributed by atoms with van der Waals surface area (Å²) in [7, 11) is 0. The lowest BCUT2D eigenvalue weighted by atomic mass is 9.98. The highest BCUT2D eigenvalue weighted by molar-refractivity contribution is 5.35. The molecule has 1 atom stereocenters. The van der Waals surface area contributed by atoms with Crippen molar-refractivity contribution in [2.24, 2.45) is 5.92 Å². The Morgan fingerprint density at radius 1 is 1.12 bits per heavy atom. The minimum Gasteiger partial charge on any atom is -0.488 e. The van der Waals surface area contributed by atoms with Crippen LogP contribution in [0.1, 0.15) is 46.3 Å². The number of aliphatic hydroxyl groups excluding tert-OH is 1. The fraction of sp³-hybridized carbons (Fsp3) is 0.571. The summed E-state index contributed by atoms with van der Waals surface area (Å²) in [6.07, 6.45) is -0.474. The van der Waals surface area contributed by atoms with Crippen LogP contribution in [0.5, 0.6) is 5.75 Å². The molecule has 0 aromatic heterocycles. The molecule has 0 aliphatic carbocycles. The van der Waals surface area contributed by atoms with Crippen LogP contribution in [0.2, 0.25) is 0 Å². The van der Waals surface area contributed by atoms with Crippen molar-refractivity contribution in [3.63, 3.8) is 0 Å². The van der Waals surface area contributed by atoms with Crippen molar-refractivity contribution >= 4 is 0 Å². The highest BCUT2D eigenvalue weighted by Gasteiger charge is 2.20. The van der Waals surface area contributed by atoms with Gasteiger partial charge in [0.05, 0.1) is 6.10 Å². The van der Waals surface area contributed by atoms with Crippen LogP contribution in [-0.2, 0) is 0 Å². The highest BCUT2D eigenvalue weighted by Crippen LogP contribution is 2.31. The van der Waals surface area contributed by atoms with E-state index < -0.39 is 6.10 Å². The third-order valence-corrected chi connectivity index (χ3v) is 2.29. The number of hydrogen-bond donors (Lipinski definition) is 1. The predicted octanol–water partition coefficient (Wildman–Crippen LogP) is 3.55. The lowest BCUT2D eigenvalue weighted by Crippen LogP contribution is -2.24. The van der Waals surface area contributed by atoms with Crippen molar-refractivity contribution in [1.82, 2.24) is 0 Å². The molecule has 90 valence electrons. The van der Waals surface area contributed by atoms with Gasteiger partial charge in [-0.25, -0.2) is 0 Å². The molecular weight excluding hydrogens is 200 g/mol. The van der Waals surface area contributed by atoms with E-state index in [0.717, 1.165) is 11.3 Å². The summed E-state index contributed by atoms with van der Waals surface area (Å²) in [4.78, 5) is 0. The molecular formula is C14H22O2. The van der Waals surface area contributed by atoms with E-state index in [4.69, 9.17) is 4.74 Å². The van der Waals surface area contributed by atoms with E-state index in [1.165, 1.54) is 0 Å². The summed E-state index contributed by atoms with van der Waals surface area (Å²) in [5, 5.41) is 10.1. The van der Waals surface area contributed by atoms with Crippen molar-refractivity contribution in [3.8, 4) is 5.75 Å². The van der Waals surface area contributed by atoms with E-state index in [2.05, 4.69) is 0 Å². The molecule has 0 saturated carbocycles. The first kappa shape index (κ1) is 13.0. The SMILES string of the molecule is CC(C)C(O)c1ccccc1OC(C)(C)C. The second-order valence-electron chi connectivity index (χ2n) is 5.44. The first-order valence-corrected chi connectivity index (χ1v) is 5.77. The van der Waals surface area contributed by atoms with Crippen molar-refractivity contribution in [2.75, 3.05) is 0 Å². The van der Waals surface area contributed by atoms with Crippen molar-refractivity contribution in [1.29, 1.82) is 0 Å².